The molecular weight excluding hydrogens is 268 g/mol. The highest BCUT2D eigenvalue weighted by molar-refractivity contribution is 7.98. The van der Waals surface area contributed by atoms with Crippen LogP contribution in [-0.2, 0) is 14.4 Å². The second-order valence-corrected chi connectivity index (χ2v) is 6.04. The van der Waals surface area contributed by atoms with Gasteiger partial charge in [-0.2, -0.15) is 11.8 Å². The SMILES string of the molecule is CONC(=O)[C@H](CCSC)N(C)C(=O)OC(C)(C)C. The molecule has 0 saturated carbocycles. The van der Waals surface area contributed by atoms with Crippen LogP contribution in [0.25, 0.3) is 0 Å². The van der Waals surface area contributed by atoms with Crippen LogP contribution in [0.1, 0.15) is 27.2 Å². The maximum atomic E-state index is 11.9. The number of carbonyl (C=O) groups is 2. The molecule has 0 aromatic heterocycles. The van der Waals surface area contributed by atoms with Crippen LogP contribution in [0.4, 0.5) is 4.79 Å². The molecule has 0 rings (SSSR count). The minimum absolute atomic E-state index is 0.357. The Balaban J connectivity index is 4.73. The van der Waals surface area contributed by atoms with Crippen LogP contribution in [0.5, 0.6) is 0 Å². The zero-order valence-corrected chi connectivity index (χ0v) is 13.3. The summed E-state index contributed by atoms with van der Waals surface area (Å²) in [6.07, 6.45) is 1.95. The largest absolute Gasteiger partial charge is 0.444 e. The van der Waals surface area contributed by atoms with Gasteiger partial charge < -0.3 is 4.74 Å². The van der Waals surface area contributed by atoms with Crippen LogP contribution in [0.3, 0.4) is 0 Å². The lowest BCUT2D eigenvalue weighted by Gasteiger charge is -2.29. The summed E-state index contributed by atoms with van der Waals surface area (Å²) in [5, 5.41) is 0. The Morgan fingerprint density at radius 2 is 1.95 bits per heavy atom. The van der Waals surface area contributed by atoms with E-state index >= 15 is 0 Å². The van der Waals surface area contributed by atoms with Gasteiger partial charge in [0.05, 0.1) is 7.11 Å². The van der Waals surface area contributed by atoms with E-state index in [1.165, 1.54) is 12.0 Å². The first-order valence-electron chi connectivity index (χ1n) is 6.00. The molecule has 0 unspecified atom stereocenters. The molecule has 0 fully saturated rings. The average Bonchev–Trinajstić information content (AvgIpc) is 2.27. The molecular formula is C12H24N2O4S. The molecule has 0 aliphatic rings. The van der Waals surface area contributed by atoms with E-state index in [1.807, 2.05) is 6.26 Å². The zero-order chi connectivity index (χ0) is 15.1. The van der Waals surface area contributed by atoms with E-state index < -0.39 is 17.7 Å². The van der Waals surface area contributed by atoms with Gasteiger partial charge in [-0.15, -0.1) is 0 Å². The molecule has 2 amide bonds. The number of ether oxygens (including phenoxy) is 1. The number of hydroxylamine groups is 1. The summed E-state index contributed by atoms with van der Waals surface area (Å²) in [7, 11) is 2.91. The summed E-state index contributed by atoms with van der Waals surface area (Å²) in [6, 6.07) is -0.609. The molecule has 6 nitrogen and oxygen atoms in total. The summed E-state index contributed by atoms with van der Waals surface area (Å²) in [6.45, 7) is 5.35. The number of likely N-dealkylation sites (N-methyl/N-ethyl adjacent to an activating group) is 1. The second-order valence-electron chi connectivity index (χ2n) is 5.06. The Morgan fingerprint density at radius 1 is 1.37 bits per heavy atom. The third-order valence-corrected chi connectivity index (χ3v) is 2.89. The fourth-order valence-corrected chi connectivity index (χ4v) is 1.82. The van der Waals surface area contributed by atoms with Gasteiger partial charge in [0.15, 0.2) is 0 Å². The quantitative estimate of drug-likeness (QED) is 0.754. The summed E-state index contributed by atoms with van der Waals surface area (Å²) in [4.78, 5) is 29.7. The topological polar surface area (TPSA) is 67.9 Å². The van der Waals surface area contributed by atoms with Crippen LogP contribution >= 0.6 is 11.8 Å². The molecule has 19 heavy (non-hydrogen) atoms. The average molecular weight is 292 g/mol. The third-order valence-electron chi connectivity index (χ3n) is 2.25. The molecule has 0 spiro atoms. The van der Waals surface area contributed by atoms with Crippen LogP contribution in [0.2, 0.25) is 0 Å². The summed E-state index contributed by atoms with van der Waals surface area (Å²) < 4.78 is 5.25. The van der Waals surface area contributed by atoms with E-state index in [4.69, 9.17) is 4.74 Å². The second kappa shape index (κ2) is 8.27. The van der Waals surface area contributed by atoms with Crippen molar-refractivity contribution in [3.63, 3.8) is 0 Å². The molecule has 0 aliphatic carbocycles. The molecule has 112 valence electrons. The van der Waals surface area contributed by atoms with Gasteiger partial charge in [-0.3, -0.25) is 14.5 Å². The van der Waals surface area contributed by atoms with Gasteiger partial charge in [-0.1, -0.05) is 0 Å². The lowest BCUT2D eigenvalue weighted by Crippen LogP contribution is -2.49. The Morgan fingerprint density at radius 3 is 2.37 bits per heavy atom. The van der Waals surface area contributed by atoms with Gasteiger partial charge in [-0.25, -0.2) is 10.3 Å². The molecule has 0 radical (unpaired) electrons. The van der Waals surface area contributed by atoms with Gasteiger partial charge in [0, 0.05) is 7.05 Å². The molecule has 0 heterocycles. The van der Waals surface area contributed by atoms with Crippen LogP contribution in [-0.4, -0.2) is 54.7 Å². The minimum Gasteiger partial charge on any atom is -0.444 e. The number of amides is 2. The van der Waals surface area contributed by atoms with Gasteiger partial charge >= 0.3 is 6.09 Å². The van der Waals surface area contributed by atoms with Crippen molar-refractivity contribution in [3.8, 4) is 0 Å². The molecule has 1 N–H and O–H groups in total. The molecule has 0 aliphatic heterocycles. The smallest absolute Gasteiger partial charge is 0.410 e. The van der Waals surface area contributed by atoms with Crippen LogP contribution in [0.15, 0.2) is 0 Å². The Bertz CT molecular complexity index is 305. The predicted octanol–water partition coefficient (Wildman–Crippen LogP) is 1.65. The normalized spacial score (nSPS) is 12.7. The maximum Gasteiger partial charge on any atom is 0.410 e. The molecule has 7 heteroatoms. The highest BCUT2D eigenvalue weighted by atomic mass is 32.2. The van der Waals surface area contributed by atoms with E-state index in [1.54, 1.807) is 39.6 Å². The van der Waals surface area contributed by atoms with Crippen molar-refractivity contribution in [2.75, 3.05) is 26.2 Å². The number of nitrogens with one attached hydrogen (secondary N) is 1. The van der Waals surface area contributed by atoms with Crippen molar-refractivity contribution in [2.45, 2.75) is 38.8 Å². The fourth-order valence-electron chi connectivity index (χ4n) is 1.36. The monoisotopic (exact) mass is 292 g/mol. The van der Waals surface area contributed by atoms with E-state index in [2.05, 4.69) is 10.3 Å². The van der Waals surface area contributed by atoms with Crippen molar-refractivity contribution < 1.29 is 19.2 Å². The first-order chi connectivity index (χ1) is 8.72. The number of hydrogen-bond acceptors (Lipinski definition) is 5. The van der Waals surface area contributed by atoms with Gasteiger partial charge in [0.1, 0.15) is 11.6 Å². The van der Waals surface area contributed by atoms with E-state index in [0.717, 1.165) is 5.75 Å². The predicted molar refractivity (Wildman–Crippen MR) is 75.9 cm³/mol. The highest BCUT2D eigenvalue weighted by Gasteiger charge is 2.29. The standard InChI is InChI=1S/C12H24N2O4S/c1-12(2,3)18-11(16)14(4)9(7-8-19-6)10(15)13-17-5/h9H,7-8H2,1-6H3,(H,13,15)/t9-/m0/s1. The van der Waals surface area contributed by atoms with Crippen LogP contribution in [0, 0.1) is 0 Å². The van der Waals surface area contributed by atoms with Crippen molar-refractivity contribution in [1.82, 2.24) is 10.4 Å². The fraction of sp³-hybridized carbons (Fsp3) is 0.833. The van der Waals surface area contributed by atoms with E-state index in [0.29, 0.717) is 6.42 Å². The lowest BCUT2D eigenvalue weighted by atomic mass is 10.2. The highest BCUT2D eigenvalue weighted by Crippen LogP contribution is 2.13. The minimum atomic E-state index is -0.609. The summed E-state index contributed by atoms with van der Waals surface area (Å²) in [5.74, 6) is 0.402. The number of rotatable bonds is 6. The Kier molecular flexibility index (Phi) is 7.85. The number of hydrogen-bond donors (Lipinski definition) is 1. The third kappa shape index (κ3) is 7.27. The number of thioether (sulfide) groups is 1. The zero-order valence-electron chi connectivity index (χ0n) is 12.5. The number of carbonyl (C=O) groups excluding carboxylic acids is 2. The van der Waals surface area contributed by atoms with E-state index in [-0.39, 0.29) is 5.91 Å². The molecule has 1 atom stereocenters. The van der Waals surface area contributed by atoms with Crippen molar-refractivity contribution in [3.05, 3.63) is 0 Å². The maximum absolute atomic E-state index is 11.9. The molecule has 0 saturated heterocycles. The first-order valence-corrected chi connectivity index (χ1v) is 7.40. The van der Waals surface area contributed by atoms with Gasteiger partial charge in [-0.05, 0) is 39.2 Å². The van der Waals surface area contributed by atoms with Crippen molar-refractivity contribution in [1.29, 1.82) is 0 Å². The van der Waals surface area contributed by atoms with E-state index in [9.17, 15) is 9.59 Å². The van der Waals surface area contributed by atoms with Gasteiger partial charge in [0.25, 0.3) is 5.91 Å². The number of nitrogens with zero attached hydrogens (tertiary/aromatic N) is 1. The molecule has 0 bridgehead atoms. The van der Waals surface area contributed by atoms with Crippen LogP contribution < -0.4 is 5.48 Å². The molecule has 0 aromatic rings. The Hall–Kier alpha value is -0.950. The first kappa shape index (κ1) is 18.0. The summed E-state index contributed by atoms with van der Waals surface area (Å²) in [5.41, 5.74) is 1.67. The van der Waals surface area contributed by atoms with Crippen molar-refractivity contribution >= 4 is 23.8 Å². The van der Waals surface area contributed by atoms with Crippen molar-refractivity contribution in [2.24, 2.45) is 0 Å². The van der Waals surface area contributed by atoms with Gasteiger partial charge in [0.2, 0.25) is 0 Å². The molecule has 0 aromatic carbocycles. The summed E-state index contributed by atoms with van der Waals surface area (Å²) >= 11 is 1.61. The lowest BCUT2D eigenvalue weighted by molar-refractivity contribution is -0.136. The Labute approximate surface area is 119 Å².